The average molecular weight is 403 g/mol. The van der Waals surface area contributed by atoms with Crippen LogP contribution >= 0.6 is 6.89 Å². The van der Waals surface area contributed by atoms with Crippen LogP contribution in [0.25, 0.3) is 0 Å². The average Bonchev–Trinajstić information content (AvgIpc) is 3.10. The zero-order chi connectivity index (χ0) is 20.6. The van der Waals surface area contributed by atoms with Crippen LogP contribution in [0.5, 0.6) is 0 Å². The molecule has 0 unspecified atom stereocenters. The minimum Gasteiger partial charge on any atom is -0.288 e. The molecule has 0 amide bonds. The number of hydrogen-bond acceptors (Lipinski definition) is 2. The van der Waals surface area contributed by atoms with Gasteiger partial charge in [-0.3, -0.25) is 4.79 Å². The first-order valence-corrected chi connectivity index (χ1v) is 11.6. The smallest absolute Gasteiger partial charge is 0.195 e. The molecule has 0 spiro atoms. The lowest BCUT2D eigenvalue weighted by molar-refractivity contribution is 0.107. The maximum Gasteiger partial charge on any atom is 0.195 e. The van der Waals surface area contributed by atoms with Gasteiger partial charge in [0.1, 0.15) is 0 Å². The van der Waals surface area contributed by atoms with Crippen LogP contribution in [0.3, 0.4) is 0 Å². The van der Waals surface area contributed by atoms with Gasteiger partial charge in [0.2, 0.25) is 0 Å². The van der Waals surface area contributed by atoms with Gasteiger partial charge in [-0.05, 0) is 40.5 Å². The highest BCUT2D eigenvalue weighted by atomic mass is 31.2. The molecule has 0 bridgehead atoms. The van der Waals surface area contributed by atoms with E-state index in [9.17, 15) is 10.1 Å². The summed E-state index contributed by atoms with van der Waals surface area (Å²) in [4.78, 5) is 13.8. The van der Waals surface area contributed by atoms with Gasteiger partial charge in [0.05, 0.1) is 11.6 Å². The molecule has 4 aromatic rings. The normalized spacial score (nSPS) is 14.2. The predicted molar refractivity (Wildman–Crippen MR) is 125 cm³/mol. The van der Waals surface area contributed by atoms with Crippen molar-refractivity contribution in [3.63, 3.8) is 0 Å². The number of carbonyl (C=O) groups excluding carboxylic acids is 1. The Morgan fingerprint density at radius 2 is 1.17 bits per heavy atom. The fourth-order valence-corrected chi connectivity index (χ4v) is 9.03. The summed E-state index contributed by atoms with van der Waals surface area (Å²) < 4.78 is 0. The van der Waals surface area contributed by atoms with E-state index in [-0.39, 0.29) is 5.78 Å². The summed E-state index contributed by atoms with van der Waals surface area (Å²) in [6.07, 6.45) is 0. The molecule has 1 heterocycles. The van der Waals surface area contributed by atoms with Crippen molar-refractivity contribution in [2.24, 2.45) is 0 Å². The highest BCUT2D eigenvalue weighted by Crippen LogP contribution is 2.52. The second-order valence-corrected chi connectivity index (χ2v) is 10.5. The topological polar surface area (TPSA) is 40.9 Å². The fourth-order valence-electron chi connectivity index (χ4n) is 4.37. The van der Waals surface area contributed by atoms with Gasteiger partial charge in [0.15, 0.2) is 5.78 Å². The molecule has 3 heteroatoms. The predicted octanol–water partition coefficient (Wildman–Crippen LogP) is 4.27. The maximum absolute atomic E-state index is 13.8. The molecule has 0 atom stereocenters. The van der Waals surface area contributed by atoms with Gasteiger partial charge in [-0.1, -0.05) is 97.1 Å². The third-order valence-electron chi connectivity index (χ3n) is 5.63. The quantitative estimate of drug-likeness (QED) is 0.480. The number of nitrogens with zero attached hydrogens (tertiary/aromatic N) is 1. The third kappa shape index (κ3) is 2.61. The largest absolute Gasteiger partial charge is 0.288 e. The molecule has 2 nitrogen and oxygen atoms in total. The summed E-state index contributed by atoms with van der Waals surface area (Å²) in [5.41, 5.74) is 2.25. The van der Waals surface area contributed by atoms with Crippen LogP contribution < -0.4 is 15.9 Å². The number of fused-ring (bicyclic) bond motifs is 1. The third-order valence-corrected chi connectivity index (χ3v) is 10.0. The fraction of sp³-hybridized carbons (Fsp3) is 0. The number of nitriles is 1. The van der Waals surface area contributed by atoms with E-state index in [0.29, 0.717) is 5.56 Å². The van der Waals surface area contributed by atoms with Crippen LogP contribution in [0.4, 0.5) is 0 Å². The van der Waals surface area contributed by atoms with Gasteiger partial charge in [0, 0.05) is 10.9 Å². The Bertz CT molecular complexity index is 1300. The van der Waals surface area contributed by atoms with Gasteiger partial charge >= 0.3 is 0 Å². The van der Waals surface area contributed by atoms with E-state index in [1.54, 1.807) is 12.1 Å². The summed E-state index contributed by atoms with van der Waals surface area (Å²) in [6, 6.07) is 38.3. The summed E-state index contributed by atoms with van der Waals surface area (Å²) >= 11 is 0. The van der Waals surface area contributed by atoms with Gasteiger partial charge in [-0.2, -0.15) is 5.26 Å². The van der Waals surface area contributed by atoms with Crippen LogP contribution in [0.1, 0.15) is 21.5 Å². The van der Waals surface area contributed by atoms with Gasteiger partial charge in [-0.25, -0.2) is 0 Å². The van der Waals surface area contributed by atoms with Crippen LogP contribution in [-0.2, 0) is 0 Å². The Balaban J connectivity index is 2.00. The Morgan fingerprint density at radius 1 is 0.633 bits per heavy atom. The first-order valence-electron chi connectivity index (χ1n) is 9.79. The van der Waals surface area contributed by atoms with Crippen LogP contribution in [0.2, 0.25) is 0 Å². The van der Waals surface area contributed by atoms with Crippen LogP contribution in [0, 0.1) is 11.3 Å². The molecule has 0 saturated carbocycles. The Labute approximate surface area is 176 Å². The van der Waals surface area contributed by atoms with Crippen molar-refractivity contribution in [1.82, 2.24) is 0 Å². The second kappa shape index (κ2) is 7.30. The van der Waals surface area contributed by atoms with Gasteiger partial charge < -0.3 is 0 Å². The van der Waals surface area contributed by atoms with E-state index in [1.807, 2.05) is 66.7 Å². The van der Waals surface area contributed by atoms with E-state index in [4.69, 9.17) is 0 Å². The Morgan fingerprint density at radius 3 is 1.73 bits per heavy atom. The molecule has 1 aliphatic rings. The zero-order valence-corrected chi connectivity index (χ0v) is 17.1. The number of benzene rings is 4. The van der Waals surface area contributed by atoms with E-state index < -0.39 is 6.89 Å². The molecular weight excluding hydrogens is 385 g/mol. The molecule has 0 N–H and O–H groups in total. The van der Waals surface area contributed by atoms with Crippen molar-refractivity contribution in [1.29, 1.82) is 5.26 Å². The van der Waals surface area contributed by atoms with Gasteiger partial charge in [-0.15, -0.1) is 0 Å². The molecule has 30 heavy (non-hydrogen) atoms. The van der Waals surface area contributed by atoms with Crippen molar-refractivity contribution in [2.45, 2.75) is 0 Å². The van der Waals surface area contributed by atoms with E-state index in [1.165, 1.54) is 0 Å². The molecular formula is C27H18NOP. The van der Waals surface area contributed by atoms with Gasteiger partial charge in [0.25, 0.3) is 0 Å². The Hall–Kier alpha value is -3.66. The minimum absolute atomic E-state index is 0.0800. The monoisotopic (exact) mass is 403 g/mol. The van der Waals surface area contributed by atoms with E-state index in [0.717, 1.165) is 32.3 Å². The zero-order valence-electron chi connectivity index (χ0n) is 16.2. The molecule has 0 fully saturated rings. The van der Waals surface area contributed by atoms with Crippen LogP contribution in [0.15, 0.2) is 109 Å². The lowest BCUT2D eigenvalue weighted by atomic mass is 10.0. The van der Waals surface area contributed by atoms with Crippen molar-refractivity contribution in [3.8, 4) is 6.07 Å². The molecule has 0 aromatic heterocycles. The Kier molecular flexibility index (Phi) is 4.47. The molecule has 1 aliphatic heterocycles. The minimum atomic E-state index is -2.37. The number of carbonyl (C=O) groups is 1. The highest BCUT2D eigenvalue weighted by Gasteiger charge is 2.41. The van der Waals surface area contributed by atoms with Crippen molar-refractivity contribution in [3.05, 3.63) is 126 Å². The number of ketones is 1. The highest BCUT2D eigenvalue weighted by molar-refractivity contribution is 7.98. The van der Waals surface area contributed by atoms with Crippen molar-refractivity contribution >= 4 is 33.9 Å². The van der Waals surface area contributed by atoms with Crippen molar-refractivity contribution < 1.29 is 4.79 Å². The van der Waals surface area contributed by atoms with Crippen molar-refractivity contribution in [2.75, 3.05) is 0 Å². The summed E-state index contributed by atoms with van der Waals surface area (Å²) in [5.74, 6) is 0.0800. The molecule has 0 radical (unpaired) electrons. The lowest BCUT2D eigenvalue weighted by Gasteiger charge is -2.28. The first kappa shape index (κ1) is 18.4. The molecule has 4 aromatic carbocycles. The molecule has 0 saturated heterocycles. The standard InChI is InChI=1S/C27H18NOP/c28-19-20-15-17-21(18-16-20)27-26(29)24-13-7-8-14-25(24)30(27,22-9-3-1-4-10-22)23-11-5-2-6-12-23/h1-18H. The number of hydrogen-bond donors (Lipinski definition) is 0. The summed E-state index contributed by atoms with van der Waals surface area (Å²) in [7, 11) is 0. The molecule has 5 rings (SSSR count). The number of rotatable bonds is 3. The van der Waals surface area contributed by atoms with E-state index >= 15 is 0 Å². The molecule has 0 aliphatic carbocycles. The summed E-state index contributed by atoms with van der Waals surface area (Å²) in [6.45, 7) is -2.37. The van der Waals surface area contributed by atoms with E-state index in [2.05, 4.69) is 36.4 Å². The number of Topliss-reactive ketones (excluding diaryl/α,β-unsaturated/α-hetero) is 1. The second-order valence-electron chi connectivity index (χ2n) is 7.23. The maximum atomic E-state index is 13.8. The molecule has 142 valence electrons. The lowest BCUT2D eigenvalue weighted by Crippen LogP contribution is -2.27. The SMILES string of the molecule is N#Cc1ccc(C2=P(c3ccccc3)(c3ccccc3)c3ccccc3C2=O)cc1. The first-order chi connectivity index (χ1) is 14.8. The summed E-state index contributed by atoms with van der Waals surface area (Å²) in [5, 5.41) is 13.5. The van der Waals surface area contributed by atoms with Crippen LogP contribution in [-0.4, -0.2) is 11.1 Å².